The van der Waals surface area contributed by atoms with Crippen molar-refractivity contribution in [3.63, 3.8) is 0 Å². The average molecular weight is 245 g/mol. The van der Waals surface area contributed by atoms with Crippen molar-refractivity contribution >= 4 is 11.6 Å². The molecule has 0 saturated heterocycles. The van der Waals surface area contributed by atoms with Crippen molar-refractivity contribution in [2.75, 3.05) is 0 Å². The van der Waals surface area contributed by atoms with Gasteiger partial charge in [-0.3, -0.25) is 0 Å². The average Bonchev–Trinajstić information content (AvgIpc) is 2.68. The highest BCUT2D eigenvalue weighted by atomic mass is 35.5. The lowest BCUT2D eigenvalue weighted by atomic mass is 9.93. The summed E-state index contributed by atoms with van der Waals surface area (Å²) in [4.78, 5) is 0. The lowest BCUT2D eigenvalue weighted by molar-refractivity contribution is 0.176. The van der Waals surface area contributed by atoms with E-state index in [1.807, 2.05) is 36.4 Å². The van der Waals surface area contributed by atoms with Gasteiger partial charge in [-0.2, -0.15) is 0 Å². The van der Waals surface area contributed by atoms with Crippen molar-refractivity contribution in [1.82, 2.24) is 0 Å². The maximum absolute atomic E-state index is 10.1. The summed E-state index contributed by atoms with van der Waals surface area (Å²) in [6.45, 7) is 0. The summed E-state index contributed by atoms with van der Waals surface area (Å²) in [5.41, 5.74) is 3.44. The summed E-state index contributed by atoms with van der Waals surface area (Å²) >= 11 is 5.97. The van der Waals surface area contributed by atoms with Gasteiger partial charge < -0.3 is 5.11 Å². The van der Waals surface area contributed by atoms with E-state index < -0.39 is 6.10 Å². The van der Waals surface area contributed by atoms with Crippen LogP contribution >= 0.6 is 11.6 Å². The predicted octanol–water partition coefficient (Wildman–Crippen LogP) is 3.91. The first-order valence-electron chi connectivity index (χ1n) is 5.78. The number of hydrogen-bond acceptors (Lipinski definition) is 1. The zero-order valence-corrected chi connectivity index (χ0v) is 10.1. The standard InChI is InChI=1S/C15H13ClO/c16-11-6-7-12-13(9-15(17)14(12)8-11)10-4-2-1-3-5-10/h1-8,13,15,17H,9H2/t13-,15+/m0/s1. The van der Waals surface area contributed by atoms with Gasteiger partial charge in [0.15, 0.2) is 0 Å². The SMILES string of the molecule is O[C@@H]1C[C@@H](c2ccccc2)c2ccc(Cl)cc21. The summed E-state index contributed by atoms with van der Waals surface area (Å²) in [5, 5.41) is 10.8. The van der Waals surface area contributed by atoms with Crippen molar-refractivity contribution in [3.8, 4) is 0 Å². The molecule has 0 spiro atoms. The molecule has 17 heavy (non-hydrogen) atoms. The van der Waals surface area contributed by atoms with Gasteiger partial charge in [-0.05, 0) is 35.2 Å². The minimum Gasteiger partial charge on any atom is -0.388 e. The van der Waals surface area contributed by atoms with Crippen molar-refractivity contribution < 1.29 is 5.11 Å². The summed E-state index contributed by atoms with van der Waals surface area (Å²) in [5.74, 6) is 0.290. The minimum atomic E-state index is -0.395. The zero-order chi connectivity index (χ0) is 11.8. The summed E-state index contributed by atoms with van der Waals surface area (Å²) in [6.07, 6.45) is 0.355. The van der Waals surface area contributed by atoms with Gasteiger partial charge in [-0.25, -0.2) is 0 Å². The number of halogens is 1. The lowest BCUT2D eigenvalue weighted by Crippen LogP contribution is -1.95. The molecule has 0 radical (unpaired) electrons. The van der Waals surface area contributed by atoms with Crippen LogP contribution in [0.25, 0.3) is 0 Å². The van der Waals surface area contributed by atoms with E-state index in [2.05, 4.69) is 12.1 Å². The number of benzene rings is 2. The molecule has 2 aromatic carbocycles. The van der Waals surface area contributed by atoms with Crippen molar-refractivity contribution in [3.05, 3.63) is 70.2 Å². The first-order valence-corrected chi connectivity index (χ1v) is 6.16. The molecule has 1 aliphatic carbocycles. The molecule has 86 valence electrons. The molecule has 0 fully saturated rings. The van der Waals surface area contributed by atoms with Gasteiger partial charge in [0.1, 0.15) is 0 Å². The van der Waals surface area contributed by atoms with Crippen LogP contribution in [0.15, 0.2) is 48.5 Å². The van der Waals surface area contributed by atoms with Gasteiger partial charge in [-0.15, -0.1) is 0 Å². The second-order valence-electron chi connectivity index (χ2n) is 4.49. The van der Waals surface area contributed by atoms with Crippen LogP contribution in [0, 0.1) is 0 Å². The number of aliphatic hydroxyl groups excluding tert-OH is 1. The van der Waals surface area contributed by atoms with E-state index in [-0.39, 0.29) is 0 Å². The molecular weight excluding hydrogens is 232 g/mol. The summed E-state index contributed by atoms with van der Waals surface area (Å²) in [7, 11) is 0. The second-order valence-corrected chi connectivity index (χ2v) is 4.92. The van der Waals surface area contributed by atoms with Gasteiger partial charge in [0.05, 0.1) is 6.10 Å². The zero-order valence-electron chi connectivity index (χ0n) is 9.31. The Morgan fingerprint density at radius 2 is 1.76 bits per heavy atom. The monoisotopic (exact) mass is 244 g/mol. The number of hydrogen-bond donors (Lipinski definition) is 1. The summed E-state index contributed by atoms with van der Waals surface area (Å²) in [6, 6.07) is 16.1. The van der Waals surface area contributed by atoms with Crippen LogP contribution in [0.1, 0.15) is 35.1 Å². The van der Waals surface area contributed by atoms with Gasteiger partial charge >= 0.3 is 0 Å². The molecule has 0 aromatic heterocycles. The molecule has 0 bridgehead atoms. The third kappa shape index (κ3) is 1.86. The van der Waals surface area contributed by atoms with Crippen LogP contribution in [0.2, 0.25) is 5.02 Å². The van der Waals surface area contributed by atoms with E-state index in [0.717, 1.165) is 12.0 Å². The van der Waals surface area contributed by atoms with Crippen LogP contribution in [0.3, 0.4) is 0 Å². The van der Waals surface area contributed by atoms with Crippen LogP contribution < -0.4 is 0 Å². The van der Waals surface area contributed by atoms with Crippen molar-refractivity contribution in [2.24, 2.45) is 0 Å². The quantitative estimate of drug-likeness (QED) is 0.807. The molecular formula is C15H13ClO. The molecule has 2 aromatic rings. The maximum atomic E-state index is 10.1. The smallest absolute Gasteiger partial charge is 0.0802 e. The number of rotatable bonds is 1. The Morgan fingerprint density at radius 3 is 2.53 bits per heavy atom. The van der Waals surface area contributed by atoms with E-state index >= 15 is 0 Å². The van der Waals surface area contributed by atoms with Crippen LogP contribution in [0.5, 0.6) is 0 Å². The Labute approximate surface area is 106 Å². The molecule has 0 aliphatic heterocycles. The van der Waals surface area contributed by atoms with E-state index in [9.17, 15) is 5.11 Å². The molecule has 0 heterocycles. The third-order valence-electron chi connectivity index (χ3n) is 3.44. The maximum Gasteiger partial charge on any atom is 0.0802 e. The van der Waals surface area contributed by atoms with Gasteiger partial charge in [0.2, 0.25) is 0 Å². The highest BCUT2D eigenvalue weighted by molar-refractivity contribution is 6.30. The van der Waals surface area contributed by atoms with E-state index in [4.69, 9.17) is 11.6 Å². The second kappa shape index (κ2) is 4.17. The fourth-order valence-electron chi connectivity index (χ4n) is 2.63. The first kappa shape index (κ1) is 10.8. The van der Waals surface area contributed by atoms with Crippen LogP contribution in [-0.2, 0) is 0 Å². The Hall–Kier alpha value is -1.31. The van der Waals surface area contributed by atoms with E-state index in [1.54, 1.807) is 0 Å². The molecule has 1 aliphatic rings. The molecule has 1 N–H and O–H groups in total. The first-order chi connectivity index (χ1) is 8.25. The molecule has 0 amide bonds. The molecule has 0 saturated carbocycles. The van der Waals surface area contributed by atoms with Crippen LogP contribution in [0.4, 0.5) is 0 Å². The van der Waals surface area contributed by atoms with Gasteiger partial charge in [0.25, 0.3) is 0 Å². The number of aliphatic hydroxyl groups is 1. The molecule has 3 rings (SSSR count). The Kier molecular flexibility index (Phi) is 2.65. The van der Waals surface area contributed by atoms with E-state index in [0.29, 0.717) is 10.9 Å². The molecule has 0 unspecified atom stereocenters. The molecule has 2 atom stereocenters. The number of fused-ring (bicyclic) bond motifs is 1. The Bertz CT molecular complexity index is 536. The van der Waals surface area contributed by atoms with Crippen LogP contribution in [-0.4, -0.2) is 5.11 Å². The fraction of sp³-hybridized carbons (Fsp3) is 0.200. The largest absolute Gasteiger partial charge is 0.388 e. The fourth-order valence-corrected chi connectivity index (χ4v) is 2.81. The Morgan fingerprint density at radius 1 is 1.00 bits per heavy atom. The van der Waals surface area contributed by atoms with Gasteiger partial charge in [0, 0.05) is 10.9 Å². The van der Waals surface area contributed by atoms with Crippen molar-refractivity contribution in [1.29, 1.82) is 0 Å². The lowest BCUT2D eigenvalue weighted by Gasteiger charge is -2.11. The molecule has 2 heteroatoms. The van der Waals surface area contributed by atoms with Gasteiger partial charge in [-0.1, -0.05) is 48.0 Å². The summed E-state index contributed by atoms with van der Waals surface area (Å²) < 4.78 is 0. The predicted molar refractivity (Wildman–Crippen MR) is 69.3 cm³/mol. The highest BCUT2D eigenvalue weighted by Gasteiger charge is 2.30. The normalized spacial score (nSPS) is 22.5. The van der Waals surface area contributed by atoms with Crippen molar-refractivity contribution in [2.45, 2.75) is 18.4 Å². The minimum absolute atomic E-state index is 0.290. The third-order valence-corrected chi connectivity index (χ3v) is 3.68. The topological polar surface area (TPSA) is 20.2 Å². The molecule has 1 nitrogen and oxygen atoms in total. The van der Waals surface area contributed by atoms with E-state index in [1.165, 1.54) is 11.1 Å². The highest BCUT2D eigenvalue weighted by Crippen LogP contribution is 2.44. The Balaban J connectivity index is 2.08.